The van der Waals surface area contributed by atoms with E-state index in [0.29, 0.717) is 6.61 Å². The van der Waals surface area contributed by atoms with E-state index in [9.17, 15) is 0 Å². The second-order valence-electron chi connectivity index (χ2n) is 5.02. The van der Waals surface area contributed by atoms with E-state index in [-0.39, 0.29) is 6.04 Å². The summed E-state index contributed by atoms with van der Waals surface area (Å²) in [5.41, 5.74) is 10.8. The molecule has 0 aliphatic rings. The Hall–Kier alpha value is -1.80. The normalized spacial score (nSPS) is 12.2. The molecule has 0 saturated heterocycles. The highest BCUT2D eigenvalue weighted by Crippen LogP contribution is 2.20. The number of nitrogens with two attached hydrogens (primary N) is 1. The van der Waals surface area contributed by atoms with E-state index >= 15 is 0 Å². The first-order valence-corrected chi connectivity index (χ1v) is 6.61. The molecule has 2 rings (SSSR count). The molecular weight excluding hydrogens is 234 g/mol. The predicted octanol–water partition coefficient (Wildman–Crippen LogP) is 3.90. The third-order valence-electron chi connectivity index (χ3n) is 3.41. The van der Waals surface area contributed by atoms with Crippen molar-refractivity contribution in [3.63, 3.8) is 0 Å². The molecule has 2 N–H and O–H groups in total. The van der Waals surface area contributed by atoms with E-state index in [0.717, 1.165) is 11.3 Å². The van der Waals surface area contributed by atoms with Gasteiger partial charge in [0, 0.05) is 6.04 Å². The van der Waals surface area contributed by atoms with Gasteiger partial charge in [-0.1, -0.05) is 30.3 Å². The minimum absolute atomic E-state index is 0.0312. The molecule has 0 radical (unpaired) electrons. The molecule has 100 valence electrons. The summed E-state index contributed by atoms with van der Waals surface area (Å²) < 4.78 is 5.89. The maximum absolute atomic E-state index is 5.89. The SMILES string of the molecule is Cc1cccc(C)c1COc1cccc([C@H](C)N)c1. The highest BCUT2D eigenvalue weighted by Gasteiger charge is 2.05. The highest BCUT2D eigenvalue weighted by molar-refractivity contribution is 5.34. The van der Waals surface area contributed by atoms with Crippen LogP contribution in [0.15, 0.2) is 42.5 Å². The van der Waals surface area contributed by atoms with Crippen LogP contribution in [0.5, 0.6) is 5.75 Å². The van der Waals surface area contributed by atoms with Crippen LogP contribution in [0.4, 0.5) is 0 Å². The summed E-state index contributed by atoms with van der Waals surface area (Å²) in [6, 6.07) is 14.3. The van der Waals surface area contributed by atoms with Gasteiger partial charge in [0.25, 0.3) is 0 Å². The molecule has 2 heteroatoms. The average molecular weight is 255 g/mol. The molecule has 0 aliphatic carbocycles. The first kappa shape index (κ1) is 13.6. The summed E-state index contributed by atoms with van der Waals surface area (Å²) in [5.74, 6) is 0.873. The lowest BCUT2D eigenvalue weighted by atomic mass is 10.0. The molecule has 0 saturated carbocycles. The summed E-state index contributed by atoms with van der Waals surface area (Å²) in [6.07, 6.45) is 0. The number of ether oxygens (including phenoxy) is 1. The molecule has 2 nitrogen and oxygen atoms in total. The average Bonchev–Trinajstić information content (AvgIpc) is 2.38. The molecule has 0 amide bonds. The molecule has 0 aromatic heterocycles. The fraction of sp³-hybridized carbons (Fsp3) is 0.294. The lowest BCUT2D eigenvalue weighted by Crippen LogP contribution is -2.05. The zero-order chi connectivity index (χ0) is 13.8. The third-order valence-corrected chi connectivity index (χ3v) is 3.41. The van der Waals surface area contributed by atoms with E-state index in [1.165, 1.54) is 16.7 Å². The quantitative estimate of drug-likeness (QED) is 0.899. The molecule has 0 aliphatic heterocycles. The van der Waals surface area contributed by atoms with Gasteiger partial charge in [0.15, 0.2) is 0 Å². The molecule has 0 spiro atoms. The first-order chi connectivity index (χ1) is 9.08. The second-order valence-corrected chi connectivity index (χ2v) is 5.02. The maximum atomic E-state index is 5.89. The van der Waals surface area contributed by atoms with Gasteiger partial charge in [0.1, 0.15) is 12.4 Å². The van der Waals surface area contributed by atoms with Crippen molar-refractivity contribution >= 4 is 0 Å². The van der Waals surface area contributed by atoms with Crippen LogP contribution in [0.1, 0.15) is 35.2 Å². The molecule has 0 heterocycles. The van der Waals surface area contributed by atoms with Crippen LogP contribution >= 0.6 is 0 Å². The van der Waals surface area contributed by atoms with Crippen molar-refractivity contribution in [1.82, 2.24) is 0 Å². The van der Waals surface area contributed by atoms with Gasteiger partial charge in [0.2, 0.25) is 0 Å². The van der Waals surface area contributed by atoms with Crippen molar-refractivity contribution < 1.29 is 4.74 Å². The van der Waals surface area contributed by atoms with Crippen LogP contribution in [0.25, 0.3) is 0 Å². The molecule has 1 atom stereocenters. The van der Waals surface area contributed by atoms with E-state index in [2.05, 4.69) is 32.0 Å². The molecule has 19 heavy (non-hydrogen) atoms. The largest absolute Gasteiger partial charge is 0.489 e. The van der Waals surface area contributed by atoms with Gasteiger partial charge in [0.05, 0.1) is 0 Å². The van der Waals surface area contributed by atoms with Gasteiger partial charge >= 0.3 is 0 Å². The Kier molecular flexibility index (Phi) is 4.23. The summed E-state index contributed by atoms with van der Waals surface area (Å²) in [5, 5.41) is 0. The number of benzene rings is 2. The minimum Gasteiger partial charge on any atom is -0.489 e. The fourth-order valence-corrected chi connectivity index (χ4v) is 2.12. The zero-order valence-corrected chi connectivity index (χ0v) is 11.8. The van der Waals surface area contributed by atoms with Gasteiger partial charge in [-0.15, -0.1) is 0 Å². The number of rotatable bonds is 4. The Morgan fingerprint density at radius 1 is 1.05 bits per heavy atom. The van der Waals surface area contributed by atoms with Gasteiger partial charge in [-0.2, -0.15) is 0 Å². The van der Waals surface area contributed by atoms with Crippen LogP contribution in [0.2, 0.25) is 0 Å². The monoisotopic (exact) mass is 255 g/mol. The molecule has 0 bridgehead atoms. The van der Waals surface area contributed by atoms with Crippen molar-refractivity contribution in [3.05, 3.63) is 64.7 Å². The van der Waals surface area contributed by atoms with Crippen LogP contribution in [-0.4, -0.2) is 0 Å². The Labute approximate surface area is 115 Å². The standard InChI is InChI=1S/C17H21NO/c1-12-6-4-7-13(2)17(12)11-19-16-9-5-8-15(10-16)14(3)18/h4-10,14H,11,18H2,1-3H3/t14-/m0/s1. The van der Waals surface area contributed by atoms with E-state index in [1.54, 1.807) is 0 Å². The number of hydrogen-bond donors (Lipinski definition) is 1. The van der Waals surface area contributed by atoms with Gasteiger partial charge in [-0.25, -0.2) is 0 Å². The molecule has 0 fully saturated rings. The molecule has 0 unspecified atom stereocenters. The van der Waals surface area contributed by atoms with Crippen LogP contribution < -0.4 is 10.5 Å². The van der Waals surface area contributed by atoms with Crippen molar-refractivity contribution in [2.24, 2.45) is 5.73 Å². The third kappa shape index (κ3) is 3.36. The summed E-state index contributed by atoms with van der Waals surface area (Å²) in [6.45, 7) is 6.81. The second kappa shape index (κ2) is 5.89. The Morgan fingerprint density at radius 2 is 1.68 bits per heavy atom. The maximum Gasteiger partial charge on any atom is 0.120 e. The fourth-order valence-electron chi connectivity index (χ4n) is 2.12. The summed E-state index contributed by atoms with van der Waals surface area (Å²) >= 11 is 0. The topological polar surface area (TPSA) is 35.2 Å². The van der Waals surface area contributed by atoms with Gasteiger partial charge in [-0.05, 0) is 55.2 Å². The van der Waals surface area contributed by atoms with Crippen molar-refractivity contribution in [1.29, 1.82) is 0 Å². The zero-order valence-electron chi connectivity index (χ0n) is 11.8. The Morgan fingerprint density at radius 3 is 2.32 bits per heavy atom. The van der Waals surface area contributed by atoms with Crippen LogP contribution in [0.3, 0.4) is 0 Å². The van der Waals surface area contributed by atoms with Gasteiger partial charge < -0.3 is 10.5 Å². The highest BCUT2D eigenvalue weighted by atomic mass is 16.5. The van der Waals surface area contributed by atoms with Crippen molar-refractivity contribution in [2.75, 3.05) is 0 Å². The Balaban J connectivity index is 2.12. The van der Waals surface area contributed by atoms with Crippen molar-refractivity contribution in [3.8, 4) is 5.75 Å². The first-order valence-electron chi connectivity index (χ1n) is 6.61. The van der Waals surface area contributed by atoms with E-state index < -0.39 is 0 Å². The van der Waals surface area contributed by atoms with E-state index in [1.807, 2.05) is 31.2 Å². The summed E-state index contributed by atoms with van der Waals surface area (Å²) in [4.78, 5) is 0. The summed E-state index contributed by atoms with van der Waals surface area (Å²) in [7, 11) is 0. The van der Waals surface area contributed by atoms with Crippen LogP contribution in [-0.2, 0) is 6.61 Å². The molecular formula is C17H21NO. The lowest BCUT2D eigenvalue weighted by Gasteiger charge is -2.13. The lowest BCUT2D eigenvalue weighted by molar-refractivity contribution is 0.304. The smallest absolute Gasteiger partial charge is 0.120 e. The van der Waals surface area contributed by atoms with E-state index in [4.69, 9.17) is 10.5 Å². The van der Waals surface area contributed by atoms with Crippen molar-refractivity contribution in [2.45, 2.75) is 33.4 Å². The number of aryl methyl sites for hydroxylation is 2. The van der Waals surface area contributed by atoms with Crippen LogP contribution in [0, 0.1) is 13.8 Å². The van der Waals surface area contributed by atoms with Gasteiger partial charge in [-0.3, -0.25) is 0 Å². The minimum atomic E-state index is 0.0312. The predicted molar refractivity (Wildman–Crippen MR) is 79.3 cm³/mol. The number of hydrogen-bond acceptors (Lipinski definition) is 2. The molecule has 2 aromatic carbocycles. The Bertz CT molecular complexity index is 541. The molecule has 2 aromatic rings.